The summed E-state index contributed by atoms with van der Waals surface area (Å²) in [6.45, 7) is 4.20. The molecule has 2 unspecified atom stereocenters. The van der Waals surface area contributed by atoms with E-state index in [4.69, 9.17) is 0 Å². The highest BCUT2D eigenvalue weighted by Gasteiger charge is 2.22. The van der Waals surface area contributed by atoms with Crippen LogP contribution in [-0.2, 0) is 16.6 Å². The third-order valence-electron chi connectivity index (χ3n) is 4.12. The third kappa shape index (κ3) is 4.79. The average Bonchev–Trinajstić information content (AvgIpc) is 2.93. The Balaban J connectivity index is 1.90. The van der Waals surface area contributed by atoms with E-state index in [1.165, 1.54) is 19.0 Å². The van der Waals surface area contributed by atoms with Gasteiger partial charge in [-0.1, -0.05) is 19.8 Å². The number of hydrogen-bond acceptors (Lipinski definition) is 4. The van der Waals surface area contributed by atoms with Gasteiger partial charge in [-0.25, -0.2) is 13.1 Å². The summed E-state index contributed by atoms with van der Waals surface area (Å²) >= 11 is 0. The van der Waals surface area contributed by atoms with Gasteiger partial charge in [-0.2, -0.15) is 5.10 Å². The first-order valence-electron chi connectivity index (χ1n) is 7.68. The number of sulfonamides is 1. The molecule has 0 saturated heterocycles. The predicted octanol–water partition coefficient (Wildman–Crippen LogP) is 1.21. The fourth-order valence-corrected chi connectivity index (χ4v) is 3.96. The number of aromatic nitrogens is 2. The van der Waals surface area contributed by atoms with E-state index in [1.807, 2.05) is 7.05 Å². The second kappa shape index (κ2) is 7.38. The molecule has 7 heteroatoms. The van der Waals surface area contributed by atoms with Gasteiger partial charge in [-0.05, 0) is 31.7 Å². The van der Waals surface area contributed by atoms with Gasteiger partial charge in [0.2, 0.25) is 10.0 Å². The van der Waals surface area contributed by atoms with E-state index in [1.54, 1.807) is 10.9 Å². The van der Waals surface area contributed by atoms with Crippen molar-refractivity contribution in [2.75, 3.05) is 20.1 Å². The van der Waals surface area contributed by atoms with Crippen molar-refractivity contribution in [3.63, 3.8) is 0 Å². The monoisotopic (exact) mass is 314 g/mol. The van der Waals surface area contributed by atoms with Gasteiger partial charge in [0.05, 0.1) is 12.7 Å². The van der Waals surface area contributed by atoms with Gasteiger partial charge < -0.3 is 5.32 Å². The van der Waals surface area contributed by atoms with Crippen LogP contribution in [0, 0.1) is 11.8 Å². The molecule has 120 valence electrons. The highest BCUT2D eigenvalue weighted by Crippen LogP contribution is 2.28. The minimum absolute atomic E-state index is 0.252. The number of likely N-dealkylation sites (N-methyl/N-ethyl adjacent to an activating group) is 1. The van der Waals surface area contributed by atoms with Crippen molar-refractivity contribution in [1.29, 1.82) is 0 Å². The minimum atomic E-state index is -3.44. The molecule has 1 saturated carbocycles. The van der Waals surface area contributed by atoms with Crippen LogP contribution in [0.15, 0.2) is 17.3 Å². The molecule has 0 aromatic carbocycles. The summed E-state index contributed by atoms with van der Waals surface area (Å²) < 4.78 is 28.9. The number of nitrogens with one attached hydrogen (secondary N) is 2. The maximum atomic E-state index is 12.3. The van der Waals surface area contributed by atoms with E-state index in [0.29, 0.717) is 24.9 Å². The minimum Gasteiger partial charge on any atom is -0.318 e. The van der Waals surface area contributed by atoms with Crippen molar-refractivity contribution in [3.05, 3.63) is 12.4 Å². The first-order chi connectivity index (χ1) is 10.0. The van der Waals surface area contributed by atoms with E-state index in [2.05, 4.69) is 22.1 Å². The second-order valence-electron chi connectivity index (χ2n) is 6.03. The molecule has 1 aliphatic rings. The fraction of sp³-hybridized carbons (Fsp3) is 0.786. The molecule has 2 rings (SSSR count). The van der Waals surface area contributed by atoms with Crippen molar-refractivity contribution in [2.24, 2.45) is 11.8 Å². The Morgan fingerprint density at radius 2 is 2.24 bits per heavy atom. The molecule has 1 fully saturated rings. The average molecular weight is 314 g/mol. The van der Waals surface area contributed by atoms with Crippen LogP contribution in [0.4, 0.5) is 0 Å². The van der Waals surface area contributed by atoms with Crippen molar-refractivity contribution in [3.8, 4) is 0 Å². The second-order valence-corrected chi connectivity index (χ2v) is 7.80. The van der Waals surface area contributed by atoms with Crippen molar-refractivity contribution in [2.45, 2.75) is 44.0 Å². The summed E-state index contributed by atoms with van der Waals surface area (Å²) in [5.41, 5.74) is 0. The van der Waals surface area contributed by atoms with Gasteiger partial charge in [0, 0.05) is 19.3 Å². The quantitative estimate of drug-likeness (QED) is 0.793. The summed E-state index contributed by atoms with van der Waals surface area (Å²) in [6, 6.07) is 0. The molecule has 0 radical (unpaired) electrons. The van der Waals surface area contributed by atoms with Crippen LogP contribution >= 0.6 is 0 Å². The van der Waals surface area contributed by atoms with Gasteiger partial charge in [-0.15, -0.1) is 0 Å². The molecule has 0 amide bonds. The van der Waals surface area contributed by atoms with E-state index < -0.39 is 10.0 Å². The summed E-state index contributed by atoms with van der Waals surface area (Å²) in [7, 11) is -1.58. The molecule has 1 aliphatic carbocycles. The lowest BCUT2D eigenvalue weighted by molar-refractivity contribution is 0.283. The van der Waals surface area contributed by atoms with Crippen LogP contribution in [0.1, 0.15) is 32.6 Å². The maximum Gasteiger partial charge on any atom is 0.243 e. The third-order valence-corrected chi connectivity index (χ3v) is 5.50. The summed E-state index contributed by atoms with van der Waals surface area (Å²) in [5, 5.41) is 7.09. The lowest BCUT2D eigenvalue weighted by atomic mass is 9.83. The zero-order valence-corrected chi connectivity index (χ0v) is 13.7. The largest absolute Gasteiger partial charge is 0.318 e. The van der Waals surface area contributed by atoms with E-state index in [9.17, 15) is 8.42 Å². The number of nitrogens with zero attached hydrogens (tertiary/aromatic N) is 2. The van der Waals surface area contributed by atoms with Crippen LogP contribution in [0.3, 0.4) is 0 Å². The molecule has 1 heterocycles. The first kappa shape index (κ1) is 16.5. The SMILES string of the molecule is CNCCn1cc(S(=O)(=O)NCC2CCCC(C)C2)cn1. The molecule has 0 spiro atoms. The Kier molecular flexibility index (Phi) is 5.78. The Morgan fingerprint density at radius 1 is 1.43 bits per heavy atom. The Hall–Kier alpha value is -0.920. The Bertz CT molecular complexity index is 541. The Labute approximate surface area is 127 Å². The highest BCUT2D eigenvalue weighted by atomic mass is 32.2. The summed E-state index contributed by atoms with van der Waals surface area (Å²) in [5.74, 6) is 1.17. The van der Waals surface area contributed by atoms with E-state index >= 15 is 0 Å². The van der Waals surface area contributed by atoms with Gasteiger partial charge in [0.25, 0.3) is 0 Å². The van der Waals surface area contributed by atoms with E-state index in [-0.39, 0.29) is 4.90 Å². The van der Waals surface area contributed by atoms with Gasteiger partial charge in [0.15, 0.2) is 0 Å². The zero-order chi connectivity index (χ0) is 15.3. The molecular weight excluding hydrogens is 288 g/mol. The van der Waals surface area contributed by atoms with Crippen molar-refractivity contribution < 1.29 is 8.42 Å². The molecule has 0 aliphatic heterocycles. The van der Waals surface area contributed by atoms with Crippen LogP contribution in [0.2, 0.25) is 0 Å². The normalized spacial score (nSPS) is 23.3. The van der Waals surface area contributed by atoms with Crippen LogP contribution in [0.25, 0.3) is 0 Å². The number of hydrogen-bond donors (Lipinski definition) is 2. The lowest BCUT2D eigenvalue weighted by Gasteiger charge is -2.26. The molecule has 2 atom stereocenters. The molecular formula is C14H26N4O2S. The van der Waals surface area contributed by atoms with E-state index in [0.717, 1.165) is 19.4 Å². The highest BCUT2D eigenvalue weighted by molar-refractivity contribution is 7.89. The van der Waals surface area contributed by atoms with Crippen molar-refractivity contribution in [1.82, 2.24) is 19.8 Å². The molecule has 21 heavy (non-hydrogen) atoms. The topological polar surface area (TPSA) is 76.0 Å². The van der Waals surface area contributed by atoms with Crippen LogP contribution in [-0.4, -0.2) is 38.3 Å². The maximum absolute atomic E-state index is 12.3. The zero-order valence-electron chi connectivity index (χ0n) is 12.9. The predicted molar refractivity (Wildman–Crippen MR) is 82.5 cm³/mol. The molecule has 6 nitrogen and oxygen atoms in total. The standard InChI is InChI=1S/C14H26N4O2S/c1-12-4-3-5-13(8-12)9-17-21(19,20)14-10-16-18(11-14)7-6-15-2/h10-13,15,17H,3-9H2,1-2H3. The fourth-order valence-electron chi connectivity index (χ4n) is 2.89. The van der Waals surface area contributed by atoms with Gasteiger partial charge >= 0.3 is 0 Å². The molecule has 1 aromatic heterocycles. The lowest BCUT2D eigenvalue weighted by Crippen LogP contribution is -2.31. The summed E-state index contributed by atoms with van der Waals surface area (Å²) in [6.07, 6.45) is 7.71. The first-order valence-corrected chi connectivity index (χ1v) is 9.16. The van der Waals surface area contributed by atoms with Gasteiger partial charge in [0.1, 0.15) is 4.90 Å². The van der Waals surface area contributed by atoms with Gasteiger partial charge in [-0.3, -0.25) is 4.68 Å². The summed E-state index contributed by atoms with van der Waals surface area (Å²) in [4.78, 5) is 0.252. The smallest absolute Gasteiger partial charge is 0.243 e. The Morgan fingerprint density at radius 3 is 2.95 bits per heavy atom. The number of rotatable bonds is 7. The van der Waals surface area contributed by atoms with Crippen LogP contribution in [0.5, 0.6) is 0 Å². The molecule has 1 aromatic rings. The molecule has 0 bridgehead atoms. The molecule has 2 N–H and O–H groups in total. The van der Waals surface area contributed by atoms with Crippen LogP contribution < -0.4 is 10.0 Å². The van der Waals surface area contributed by atoms with Crippen molar-refractivity contribution >= 4 is 10.0 Å².